The molecular formula is C21H25IN4O3. The average molecular weight is 508 g/mol. The number of guanidine groups is 1. The van der Waals surface area contributed by atoms with Gasteiger partial charge in [0.25, 0.3) is 0 Å². The first-order valence-corrected chi connectivity index (χ1v) is 8.94. The Morgan fingerprint density at radius 1 is 1.10 bits per heavy atom. The van der Waals surface area contributed by atoms with Gasteiger partial charge in [-0.25, -0.2) is 9.98 Å². The van der Waals surface area contributed by atoms with E-state index in [1.807, 2.05) is 48.5 Å². The Balaban J connectivity index is 0.00000300. The van der Waals surface area contributed by atoms with Gasteiger partial charge in [0.2, 0.25) is 5.89 Å². The lowest BCUT2D eigenvalue weighted by molar-refractivity contribution is 0.354. The molecule has 0 radical (unpaired) electrons. The highest BCUT2D eigenvalue weighted by Crippen LogP contribution is 2.27. The zero-order valence-corrected chi connectivity index (χ0v) is 18.8. The van der Waals surface area contributed by atoms with Crippen LogP contribution in [0.1, 0.15) is 11.3 Å². The normalized spacial score (nSPS) is 10.9. The molecule has 0 bridgehead atoms. The van der Waals surface area contributed by atoms with Crippen LogP contribution >= 0.6 is 24.0 Å². The Morgan fingerprint density at radius 2 is 1.86 bits per heavy atom. The lowest BCUT2D eigenvalue weighted by Crippen LogP contribution is -2.33. The maximum absolute atomic E-state index is 5.94. The fourth-order valence-electron chi connectivity index (χ4n) is 2.69. The highest BCUT2D eigenvalue weighted by Gasteiger charge is 2.06. The van der Waals surface area contributed by atoms with Gasteiger partial charge < -0.3 is 24.9 Å². The number of rotatable bonds is 8. The largest absolute Gasteiger partial charge is 0.493 e. The van der Waals surface area contributed by atoms with Crippen molar-refractivity contribution in [3.05, 3.63) is 66.1 Å². The zero-order chi connectivity index (χ0) is 19.8. The number of hydrogen-bond donors (Lipinski definition) is 2. The van der Waals surface area contributed by atoms with Crippen LogP contribution in [-0.4, -0.2) is 31.7 Å². The minimum absolute atomic E-state index is 0. The number of aliphatic imine (C=N–C) groups is 1. The number of ether oxygens (including phenoxy) is 2. The summed E-state index contributed by atoms with van der Waals surface area (Å²) in [5.74, 6) is 2.36. The van der Waals surface area contributed by atoms with Crippen LogP contribution in [0.5, 0.6) is 11.5 Å². The van der Waals surface area contributed by atoms with Gasteiger partial charge in [0.1, 0.15) is 12.0 Å². The molecule has 3 rings (SSSR count). The molecule has 3 aromatic rings. The van der Waals surface area contributed by atoms with Gasteiger partial charge in [-0.3, -0.25) is 0 Å². The third-order valence-corrected chi connectivity index (χ3v) is 4.15. The Hall–Kier alpha value is -2.75. The second-order valence-corrected chi connectivity index (χ2v) is 6.08. The fraction of sp³-hybridized carbons (Fsp3) is 0.238. The van der Waals surface area contributed by atoms with Crippen molar-refractivity contribution >= 4 is 29.9 Å². The predicted molar refractivity (Wildman–Crippen MR) is 124 cm³/mol. The van der Waals surface area contributed by atoms with Crippen LogP contribution in [0, 0.1) is 0 Å². The van der Waals surface area contributed by atoms with E-state index in [1.54, 1.807) is 20.5 Å². The van der Waals surface area contributed by atoms with Crippen LogP contribution in [-0.2, 0) is 13.0 Å². The molecule has 3 N–H and O–H groups in total. The highest BCUT2D eigenvalue weighted by atomic mass is 127. The van der Waals surface area contributed by atoms with E-state index in [0.29, 0.717) is 36.4 Å². The standard InChI is InChI=1S/C21H24N4O3.HI/c1-26-18-9-8-15(12-19(18)27-2)10-11-23-21(22)24-13-17-14-28-20(25-17)16-6-4-3-5-7-16;/h3-9,12,14H,10-11,13H2,1-2H3,(H3,22,23,24);1H. The van der Waals surface area contributed by atoms with Crippen LogP contribution in [0.2, 0.25) is 0 Å². The number of aromatic nitrogens is 1. The van der Waals surface area contributed by atoms with Gasteiger partial charge >= 0.3 is 0 Å². The van der Waals surface area contributed by atoms with E-state index in [0.717, 1.165) is 23.2 Å². The summed E-state index contributed by atoms with van der Waals surface area (Å²) in [6.45, 7) is 1.00. The molecule has 0 aliphatic rings. The Labute approximate surface area is 187 Å². The van der Waals surface area contributed by atoms with Crippen molar-refractivity contribution in [2.45, 2.75) is 13.0 Å². The molecule has 29 heavy (non-hydrogen) atoms. The highest BCUT2D eigenvalue weighted by molar-refractivity contribution is 14.0. The van der Waals surface area contributed by atoms with Crippen LogP contribution < -0.4 is 20.5 Å². The minimum Gasteiger partial charge on any atom is -0.493 e. The number of nitrogens with one attached hydrogen (secondary N) is 1. The first-order chi connectivity index (χ1) is 13.7. The summed E-state index contributed by atoms with van der Waals surface area (Å²) < 4.78 is 16.1. The van der Waals surface area contributed by atoms with E-state index in [2.05, 4.69) is 15.3 Å². The second kappa shape index (κ2) is 11.3. The van der Waals surface area contributed by atoms with E-state index in [9.17, 15) is 0 Å². The van der Waals surface area contributed by atoms with Crippen molar-refractivity contribution in [2.75, 3.05) is 20.8 Å². The summed E-state index contributed by atoms with van der Waals surface area (Å²) in [5, 5.41) is 3.10. The van der Waals surface area contributed by atoms with Crippen molar-refractivity contribution in [3.63, 3.8) is 0 Å². The van der Waals surface area contributed by atoms with Gasteiger partial charge in [0, 0.05) is 12.1 Å². The molecule has 0 amide bonds. The topological polar surface area (TPSA) is 94.9 Å². The average Bonchev–Trinajstić information content (AvgIpc) is 3.22. The van der Waals surface area contributed by atoms with Gasteiger partial charge in [0.05, 0.1) is 20.8 Å². The number of methoxy groups -OCH3 is 2. The first kappa shape index (κ1) is 22.5. The van der Waals surface area contributed by atoms with Crippen molar-refractivity contribution < 1.29 is 13.9 Å². The van der Waals surface area contributed by atoms with E-state index in [1.165, 1.54) is 0 Å². The molecule has 0 atom stereocenters. The van der Waals surface area contributed by atoms with Crippen molar-refractivity contribution in [2.24, 2.45) is 10.7 Å². The molecule has 0 saturated heterocycles. The number of halogens is 1. The second-order valence-electron chi connectivity index (χ2n) is 6.08. The molecule has 0 aliphatic carbocycles. The molecular weight excluding hydrogens is 483 g/mol. The van der Waals surface area contributed by atoms with E-state index >= 15 is 0 Å². The molecule has 0 aliphatic heterocycles. The molecule has 7 nitrogen and oxygen atoms in total. The van der Waals surface area contributed by atoms with Crippen LogP contribution in [0.3, 0.4) is 0 Å². The van der Waals surface area contributed by atoms with Gasteiger partial charge in [-0.2, -0.15) is 0 Å². The molecule has 2 aromatic carbocycles. The first-order valence-electron chi connectivity index (χ1n) is 8.94. The third kappa shape index (κ3) is 6.38. The molecule has 0 spiro atoms. The fourth-order valence-corrected chi connectivity index (χ4v) is 2.69. The number of nitrogens with two attached hydrogens (primary N) is 1. The number of nitrogens with zero attached hydrogens (tertiary/aromatic N) is 2. The molecule has 1 heterocycles. The van der Waals surface area contributed by atoms with Crippen LogP contribution in [0.25, 0.3) is 11.5 Å². The summed E-state index contributed by atoms with van der Waals surface area (Å²) in [7, 11) is 3.24. The summed E-state index contributed by atoms with van der Waals surface area (Å²) in [4.78, 5) is 8.74. The number of oxazole rings is 1. The Bertz CT molecular complexity index is 929. The van der Waals surface area contributed by atoms with E-state index in [4.69, 9.17) is 19.6 Å². The summed E-state index contributed by atoms with van der Waals surface area (Å²) in [5.41, 5.74) is 8.71. The van der Waals surface area contributed by atoms with Gasteiger partial charge in [0.15, 0.2) is 17.5 Å². The molecule has 154 valence electrons. The summed E-state index contributed by atoms with van der Waals surface area (Å²) in [6.07, 6.45) is 2.38. The Kier molecular flexibility index (Phi) is 8.78. The molecule has 0 saturated carbocycles. The third-order valence-electron chi connectivity index (χ3n) is 4.15. The number of benzene rings is 2. The zero-order valence-electron chi connectivity index (χ0n) is 16.4. The lowest BCUT2D eigenvalue weighted by Gasteiger charge is -2.10. The van der Waals surface area contributed by atoms with Crippen LogP contribution in [0.4, 0.5) is 0 Å². The molecule has 0 fully saturated rings. The summed E-state index contributed by atoms with van der Waals surface area (Å²) >= 11 is 0. The number of hydrogen-bond acceptors (Lipinski definition) is 5. The van der Waals surface area contributed by atoms with Gasteiger partial charge in [-0.1, -0.05) is 24.3 Å². The van der Waals surface area contributed by atoms with E-state index in [-0.39, 0.29) is 24.0 Å². The monoisotopic (exact) mass is 508 g/mol. The molecule has 0 unspecified atom stereocenters. The van der Waals surface area contributed by atoms with Gasteiger partial charge in [-0.05, 0) is 36.2 Å². The van der Waals surface area contributed by atoms with E-state index < -0.39 is 0 Å². The molecule has 1 aromatic heterocycles. The Morgan fingerprint density at radius 3 is 2.59 bits per heavy atom. The quantitative estimate of drug-likeness (QED) is 0.274. The van der Waals surface area contributed by atoms with Crippen molar-refractivity contribution in [3.8, 4) is 23.0 Å². The SMILES string of the molecule is COc1ccc(CCNC(N)=NCc2coc(-c3ccccc3)n2)cc1OC.I. The van der Waals surface area contributed by atoms with Gasteiger partial charge in [-0.15, -0.1) is 24.0 Å². The van der Waals surface area contributed by atoms with Crippen molar-refractivity contribution in [1.29, 1.82) is 0 Å². The lowest BCUT2D eigenvalue weighted by atomic mass is 10.1. The van der Waals surface area contributed by atoms with Crippen LogP contribution in [0.15, 0.2) is 64.2 Å². The predicted octanol–water partition coefficient (Wildman–Crippen LogP) is 3.62. The maximum Gasteiger partial charge on any atom is 0.226 e. The summed E-state index contributed by atoms with van der Waals surface area (Å²) in [6, 6.07) is 15.6. The smallest absolute Gasteiger partial charge is 0.226 e. The molecule has 8 heteroatoms. The van der Waals surface area contributed by atoms with Crippen molar-refractivity contribution in [1.82, 2.24) is 10.3 Å². The minimum atomic E-state index is 0. The maximum atomic E-state index is 5.94.